The highest BCUT2D eigenvalue weighted by Crippen LogP contribution is 2.31. The molecule has 2 aromatic rings. The Morgan fingerprint density at radius 3 is 2.37 bits per heavy atom. The third-order valence-corrected chi connectivity index (χ3v) is 6.08. The first-order chi connectivity index (χ1) is 14.5. The van der Waals surface area contributed by atoms with Gasteiger partial charge in [-0.05, 0) is 43.0 Å². The van der Waals surface area contributed by atoms with Crippen molar-refractivity contribution in [3.05, 3.63) is 58.3 Å². The second-order valence-corrected chi connectivity index (χ2v) is 8.10. The lowest BCUT2D eigenvalue weighted by Gasteiger charge is -2.36. The van der Waals surface area contributed by atoms with Crippen molar-refractivity contribution in [1.29, 1.82) is 0 Å². The Bertz CT molecular complexity index is 904. The number of piperazine rings is 1. The number of nitro benzene ring substituents is 1. The largest absolute Gasteiger partial charge is 0.362 e. The molecular weight excluding hydrogens is 382 g/mol. The Kier molecular flexibility index (Phi) is 5.83. The summed E-state index contributed by atoms with van der Waals surface area (Å²) in [5.41, 5.74) is 0.967. The average Bonchev–Trinajstić information content (AvgIpc) is 2.79. The minimum absolute atomic E-state index is 0.00230. The van der Waals surface area contributed by atoms with E-state index >= 15 is 0 Å². The van der Waals surface area contributed by atoms with E-state index in [1.54, 1.807) is 18.3 Å². The molecule has 4 rings (SSSR count). The number of nitrogens with zero attached hydrogens (tertiary/aromatic N) is 5. The molecule has 0 atom stereocenters. The zero-order valence-corrected chi connectivity index (χ0v) is 17.2. The van der Waals surface area contributed by atoms with Gasteiger partial charge in [0, 0.05) is 57.1 Å². The normalized spacial score (nSPS) is 17.8. The van der Waals surface area contributed by atoms with Gasteiger partial charge >= 0.3 is 0 Å². The zero-order chi connectivity index (χ0) is 21.1. The zero-order valence-electron chi connectivity index (χ0n) is 17.2. The van der Waals surface area contributed by atoms with Crippen LogP contribution in [0.25, 0.3) is 0 Å². The van der Waals surface area contributed by atoms with E-state index in [4.69, 9.17) is 0 Å². The Morgan fingerprint density at radius 2 is 1.73 bits per heavy atom. The van der Waals surface area contributed by atoms with Crippen LogP contribution in [0.2, 0.25) is 0 Å². The van der Waals surface area contributed by atoms with Crippen molar-refractivity contribution in [2.45, 2.75) is 19.8 Å². The van der Waals surface area contributed by atoms with Crippen LogP contribution < -0.4 is 9.80 Å². The maximum absolute atomic E-state index is 12.8. The van der Waals surface area contributed by atoms with Crippen molar-refractivity contribution in [1.82, 2.24) is 9.88 Å². The van der Waals surface area contributed by atoms with Crippen LogP contribution in [-0.2, 0) is 0 Å². The maximum Gasteiger partial charge on any atom is 0.293 e. The molecule has 2 fully saturated rings. The third-order valence-electron chi connectivity index (χ3n) is 6.08. The molecule has 1 amide bonds. The smallest absolute Gasteiger partial charge is 0.293 e. The lowest BCUT2D eigenvalue weighted by Crippen LogP contribution is -2.47. The summed E-state index contributed by atoms with van der Waals surface area (Å²) in [6.07, 6.45) is 3.73. The Hall–Kier alpha value is -3.16. The van der Waals surface area contributed by atoms with Crippen molar-refractivity contribution in [3.8, 4) is 0 Å². The van der Waals surface area contributed by atoms with E-state index in [1.165, 1.54) is 6.07 Å². The van der Waals surface area contributed by atoms with Crippen LogP contribution in [0.15, 0.2) is 42.6 Å². The molecule has 0 saturated carbocycles. The van der Waals surface area contributed by atoms with Gasteiger partial charge in [0.2, 0.25) is 0 Å². The molecule has 30 heavy (non-hydrogen) atoms. The van der Waals surface area contributed by atoms with E-state index < -0.39 is 0 Å². The summed E-state index contributed by atoms with van der Waals surface area (Å²) in [7, 11) is 0. The van der Waals surface area contributed by atoms with Crippen molar-refractivity contribution < 1.29 is 9.72 Å². The van der Waals surface area contributed by atoms with Crippen molar-refractivity contribution in [2.24, 2.45) is 5.92 Å². The summed E-state index contributed by atoms with van der Waals surface area (Å²) >= 11 is 0. The van der Waals surface area contributed by atoms with Crippen LogP contribution in [0.3, 0.4) is 0 Å². The van der Waals surface area contributed by atoms with Crippen LogP contribution in [0.4, 0.5) is 17.2 Å². The monoisotopic (exact) mass is 409 g/mol. The molecule has 3 heterocycles. The lowest BCUT2D eigenvalue weighted by molar-refractivity contribution is -0.384. The number of hydrogen-bond acceptors (Lipinski definition) is 6. The first-order valence-corrected chi connectivity index (χ1v) is 10.5. The number of piperidine rings is 1. The van der Waals surface area contributed by atoms with E-state index in [0.717, 1.165) is 31.7 Å². The summed E-state index contributed by atoms with van der Waals surface area (Å²) in [4.78, 5) is 34.6. The molecule has 0 radical (unpaired) electrons. The standard InChI is InChI=1S/C22H27N5O3/c1-17-7-10-26(11-8-17)22(28)18-5-6-19(20(16-18)27(29)30)24-12-14-25(15-13-24)21-4-2-3-9-23-21/h2-6,9,16-17H,7-8,10-15H2,1H3. The average molecular weight is 409 g/mol. The molecule has 0 aliphatic carbocycles. The van der Waals surface area contributed by atoms with Gasteiger partial charge < -0.3 is 14.7 Å². The molecular formula is C22H27N5O3. The van der Waals surface area contributed by atoms with Crippen LogP contribution in [0, 0.1) is 16.0 Å². The molecule has 0 N–H and O–H groups in total. The number of aromatic nitrogens is 1. The minimum atomic E-state index is -0.379. The van der Waals surface area contributed by atoms with E-state index in [2.05, 4.69) is 16.8 Å². The number of amides is 1. The first-order valence-electron chi connectivity index (χ1n) is 10.5. The van der Waals surface area contributed by atoms with E-state index in [9.17, 15) is 14.9 Å². The maximum atomic E-state index is 12.8. The van der Waals surface area contributed by atoms with Gasteiger partial charge in [-0.15, -0.1) is 0 Å². The molecule has 1 aromatic carbocycles. The number of benzene rings is 1. The number of anilines is 2. The molecule has 0 spiro atoms. The van der Waals surface area contributed by atoms with Gasteiger partial charge in [0.1, 0.15) is 11.5 Å². The van der Waals surface area contributed by atoms with Gasteiger partial charge in [0.15, 0.2) is 0 Å². The predicted molar refractivity (Wildman–Crippen MR) is 116 cm³/mol. The van der Waals surface area contributed by atoms with Gasteiger partial charge in [-0.2, -0.15) is 0 Å². The van der Waals surface area contributed by atoms with Gasteiger partial charge in [-0.25, -0.2) is 4.98 Å². The summed E-state index contributed by atoms with van der Waals surface area (Å²) in [6.45, 7) is 6.41. The fourth-order valence-electron chi connectivity index (χ4n) is 4.18. The molecule has 0 bridgehead atoms. The lowest BCUT2D eigenvalue weighted by atomic mass is 9.98. The molecule has 2 aliphatic rings. The fourth-order valence-corrected chi connectivity index (χ4v) is 4.18. The highest BCUT2D eigenvalue weighted by atomic mass is 16.6. The first kappa shape index (κ1) is 20.1. The van der Waals surface area contributed by atoms with Gasteiger partial charge in [0.05, 0.1) is 4.92 Å². The number of pyridine rings is 1. The van der Waals surface area contributed by atoms with Crippen molar-refractivity contribution in [2.75, 3.05) is 49.1 Å². The molecule has 8 heteroatoms. The molecule has 158 valence electrons. The Labute approximate surface area is 176 Å². The number of carbonyl (C=O) groups is 1. The quantitative estimate of drug-likeness (QED) is 0.570. The highest BCUT2D eigenvalue weighted by molar-refractivity contribution is 5.96. The predicted octanol–water partition coefficient (Wildman–Crippen LogP) is 3.19. The number of nitro groups is 1. The SMILES string of the molecule is CC1CCN(C(=O)c2ccc(N3CCN(c4ccccn4)CC3)c([N+](=O)[O-])c2)CC1. The van der Waals surface area contributed by atoms with E-state index in [-0.39, 0.29) is 16.5 Å². The van der Waals surface area contributed by atoms with Crippen LogP contribution >= 0.6 is 0 Å². The second-order valence-electron chi connectivity index (χ2n) is 8.10. The molecule has 0 unspecified atom stereocenters. The molecule has 2 aliphatic heterocycles. The summed E-state index contributed by atoms with van der Waals surface area (Å²) in [6, 6.07) is 10.7. The van der Waals surface area contributed by atoms with E-state index in [0.29, 0.717) is 43.3 Å². The van der Waals surface area contributed by atoms with Gasteiger partial charge in [0.25, 0.3) is 11.6 Å². The highest BCUT2D eigenvalue weighted by Gasteiger charge is 2.27. The summed E-state index contributed by atoms with van der Waals surface area (Å²) in [5, 5.41) is 11.8. The number of carbonyl (C=O) groups excluding carboxylic acids is 1. The Morgan fingerprint density at radius 1 is 1.03 bits per heavy atom. The third kappa shape index (κ3) is 4.22. The van der Waals surface area contributed by atoms with Crippen molar-refractivity contribution in [3.63, 3.8) is 0 Å². The summed E-state index contributed by atoms with van der Waals surface area (Å²) < 4.78 is 0. The summed E-state index contributed by atoms with van der Waals surface area (Å²) in [5.74, 6) is 1.43. The molecule has 1 aromatic heterocycles. The molecule has 8 nitrogen and oxygen atoms in total. The molecule has 2 saturated heterocycles. The fraction of sp³-hybridized carbons (Fsp3) is 0.455. The van der Waals surface area contributed by atoms with Crippen LogP contribution in [0.5, 0.6) is 0 Å². The van der Waals surface area contributed by atoms with Gasteiger partial charge in [-0.1, -0.05) is 13.0 Å². The Balaban J connectivity index is 1.49. The topological polar surface area (TPSA) is 82.8 Å². The number of rotatable bonds is 4. The number of likely N-dealkylation sites (tertiary alicyclic amines) is 1. The van der Waals surface area contributed by atoms with Crippen LogP contribution in [-0.4, -0.2) is 60.0 Å². The second kappa shape index (κ2) is 8.69. The van der Waals surface area contributed by atoms with Gasteiger partial charge in [-0.3, -0.25) is 14.9 Å². The minimum Gasteiger partial charge on any atom is -0.362 e. The van der Waals surface area contributed by atoms with E-state index in [1.807, 2.05) is 28.0 Å². The number of hydrogen-bond donors (Lipinski definition) is 0. The van der Waals surface area contributed by atoms with Crippen molar-refractivity contribution >= 4 is 23.1 Å². The van der Waals surface area contributed by atoms with Crippen LogP contribution in [0.1, 0.15) is 30.1 Å².